The van der Waals surface area contributed by atoms with Gasteiger partial charge in [-0.2, -0.15) is 9.97 Å². The standard InChI is InChI=1S/C18H24N6O4/c1-5-18(7-6-11(28-18)8-27-16(25)12(19)10(2)3)24-9-21-13-14(24)22-17(20)23-15(13)26-4/h1,9-12H,6-8,19H2,2-4H3,(H2,20,22,23). The van der Waals surface area contributed by atoms with Crippen molar-refractivity contribution in [2.24, 2.45) is 11.7 Å². The Hall–Kier alpha value is -2.90. The molecule has 0 bridgehead atoms. The van der Waals surface area contributed by atoms with E-state index < -0.39 is 17.7 Å². The van der Waals surface area contributed by atoms with Crippen LogP contribution < -0.4 is 16.2 Å². The molecule has 0 spiro atoms. The average molecular weight is 388 g/mol. The molecule has 2 aromatic heterocycles. The number of methoxy groups -OCH3 is 1. The minimum absolute atomic E-state index is 0.0146. The van der Waals surface area contributed by atoms with Crippen LogP contribution in [0.4, 0.5) is 5.95 Å². The first-order valence-electron chi connectivity index (χ1n) is 8.94. The van der Waals surface area contributed by atoms with Gasteiger partial charge in [-0.05, 0) is 18.3 Å². The summed E-state index contributed by atoms with van der Waals surface area (Å²) in [5, 5.41) is 0. The minimum atomic E-state index is -1.13. The Morgan fingerprint density at radius 3 is 2.93 bits per heavy atom. The predicted octanol–water partition coefficient (Wildman–Crippen LogP) is 0.409. The number of hydrogen-bond acceptors (Lipinski definition) is 9. The van der Waals surface area contributed by atoms with Crippen LogP contribution in [-0.4, -0.2) is 51.4 Å². The van der Waals surface area contributed by atoms with Crippen LogP contribution in [0.5, 0.6) is 5.88 Å². The number of rotatable bonds is 6. The highest BCUT2D eigenvalue weighted by molar-refractivity contribution is 5.78. The van der Waals surface area contributed by atoms with Crippen LogP contribution in [0.1, 0.15) is 26.7 Å². The molecule has 28 heavy (non-hydrogen) atoms. The summed E-state index contributed by atoms with van der Waals surface area (Å²) in [6.07, 6.45) is 8.02. The van der Waals surface area contributed by atoms with Crippen LogP contribution in [0, 0.1) is 18.3 Å². The van der Waals surface area contributed by atoms with E-state index in [-0.39, 0.29) is 30.5 Å². The molecule has 3 unspecified atom stereocenters. The number of aromatic nitrogens is 4. The summed E-state index contributed by atoms with van der Waals surface area (Å²) in [6, 6.07) is -0.677. The van der Waals surface area contributed by atoms with Gasteiger partial charge >= 0.3 is 5.97 Å². The molecule has 0 radical (unpaired) electrons. The van der Waals surface area contributed by atoms with Crippen molar-refractivity contribution in [2.45, 2.75) is 44.6 Å². The molecule has 3 rings (SSSR count). The van der Waals surface area contributed by atoms with Crippen LogP contribution in [-0.2, 0) is 20.0 Å². The van der Waals surface area contributed by atoms with E-state index in [0.717, 1.165) is 0 Å². The lowest BCUT2D eigenvalue weighted by Gasteiger charge is -2.25. The summed E-state index contributed by atoms with van der Waals surface area (Å²) < 4.78 is 18.2. The normalized spacial score (nSPS) is 22.9. The lowest BCUT2D eigenvalue weighted by molar-refractivity contribution is -0.153. The van der Waals surface area contributed by atoms with Crippen molar-refractivity contribution in [3.63, 3.8) is 0 Å². The number of nitrogen functional groups attached to an aromatic ring is 1. The summed E-state index contributed by atoms with van der Waals surface area (Å²) >= 11 is 0. The minimum Gasteiger partial charge on any atom is -0.479 e. The van der Waals surface area contributed by atoms with Crippen LogP contribution in [0.3, 0.4) is 0 Å². The Kier molecular flexibility index (Phi) is 5.40. The highest BCUT2D eigenvalue weighted by atomic mass is 16.6. The highest BCUT2D eigenvalue weighted by Gasteiger charge is 2.42. The number of anilines is 1. The SMILES string of the molecule is C#CC1(n2cnc3c(OC)nc(N)nc32)CCC(COC(=O)C(N)C(C)C)O1. The van der Waals surface area contributed by atoms with Crippen LogP contribution in [0.2, 0.25) is 0 Å². The first-order chi connectivity index (χ1) is 13.3. The summed E-state index contributed by atoms with van der Waals surface area (Å²) in [7, 11) is 1.47. The van der Waals surface area contributed by atoms with E-state index in [2.05, 4.69) is 20.9 Å². The Morgan fingerprint density at radius 2 is 2.29 bits per heavy atom. The molecule has 0 saturated carbocycles. The Morgan fingerprint density at radius 1 is 1.54 bits per heavy atom. The number of ether oxygens (including phenoxy) is 3. The van der Waals surface area contributed by atoms with Gasteiger partial charge in [-0.15, -0.1) is 6.42 Å². The van der Waals surface area contributed by atoms with Gasteiger partial charge in [-0.25, -0.2) is 4.98 Å². The number of fused-ring (bicyclic) bond motifs is 1. The molecule has 2 aromatic rings. The van der Waals surface area contributed by atoms with Gasteiger partial charge in [-0.1, -0.05) is 13.8 Å². The van der Waals surface area contributed by atoms with Crippen molar-refractivity contribution < 1.29 is 19.0 Å². The third kappa shape index (κ3) is 3.46. The molecule has 10 heteroatoms. The quantitative estimate of drug-likeness (QED) is 0.531. The smallest absolute Gasteiger partial charge is 0.323 e. The van der Waals surface area contributed by atoms with E-state index in [1.807, 2.05) is 13.8 Å². The van der Waals surface area contributed by atoms with Crippen molar-refractivity contribution in [3.05, 3.63) is 6.33 Å². The second-order valence-corrected chi connectivity index (χ2v) is 6.98. The van der Waals surface area contributed by atoms with Crippen LogP contribution >= 0.6 is 0 Å². The second-order valence-electron chi connectivity index (χ2n) is 6.98. The topological polar surface area (TPSA) is 140 Å². The molecule has 1 aliphatic heterocycles. The van der Waals surface area contributed by atoms with Crippen molar-refractivity contribution >= 4 is 23.1 Å². The molecule has 1 fully saturated rings. The Labute approximate surface area is 162 Å². The summed E-state index contributed by atoms with van der Waals surface area (Å²) in [5.41, 5.74) is 11.3. The van der Waals surface area contributed by atoms with Gasteiger partial charge in [0.1, 0.15) is 19.0 Å². The lowest BCUT2D eigenvalue weighted by atomic mass is 10.1. The Bertz CT molecular complexity index is 921. The van der Waals surface area contributed by atoms with E-state index in [1.54, 1.807) is 4.57 Å². The number of terminal acetylenes is 1. The van der Waals surface area contributed by atoms with Gasteiger partial charge in [-0.3, -0.25) is 9.36 Å². The van der Waals surface area contributed by atoms with Crippen molar-refractivity contribution in [2.75, 3.05) is 19.5 Å². The van der Waals surface area contributed by atoms with Gasteiger partial charge in [0.15, 0.2) is 11.2 Å². The molecule has 3 heterocycles. The number of carbonyl (C=O) groups excluding carboxylic acids is 1. The zero-order chi connectivity index (χ0) is 20.5. The van der Waals surface area contributed by atoms with Gasteiger partial charge < -0.3 is 25.7 Å². The predicted molar refractivity (Wildman–Crippen MR) is 101 cm³/mol. The lowest BCUT2D eigenvalue weighted by Crippen LogP contribution is -2.38. The number of imidazole rings is 1. The summed E-state index contributed by atoms with van der Waals surface area (Å²) in [4.78, 5) is 24.5. The van der Waals surface area contributed by atoms with Gasteiger partial charge in [0, 0.05) is 6.42 Å². The van der Waals surface area contributed by atoms with Crippen LogP contribution in [0.15, 0.2) is 6.33 Å². The summed E-state index contributed by atoms with van der Waals surface area (Å²) in [5.74, 6) is 2.49. The van der Waals surface area contributed by atoms with E-state index in [9.17, 15) is 4.79 Å². The molecule has 3 atom stereocenters. The molecule has 4 N–H and O–H groups in total. The average Bonchev–Trinajstić information content (AvgIpc) is 3.29. The van der Waals surface area contributed by atoms with E-state index in [1.165, 1.54) is 13.4 Å². The molecule has 1 aliphatic rings. The number of hydrogen-bond donors (Lipinski definition) is 2. The largest absolute Gasteiger partial charge is 0.479 e. The molecule has 1 saturated heterocycles. The number of carbonyl (C=O) groups is 1. The van der Waals surface area contributed by atoms with Crippen molar-refractivity contribution in [1.82, 2.24) is 19.5 Å². The highest BCUT2D eigenvalue weighted by Crippen LogP contribution is 2.37. The third-order valence-corrected chi connectivity index (χ3v) is 4.76. The molecular weight excluding hydrogens is 364 g/mol. The summed E-state index contributed by atoms with van der Waals surface area (Å²) in [6.45, 7) is 3.77. The number of nitrogens with two attached hydrogens (primary N) is 2. The maximum absolute atomic E-state index is 12.0. The number of esters is 1. The Balaban J connectivity index is 1.81. The zero-order valence-corrected chi connectivity index (χ0v) is 16.1. The van der Waals surface area contributed by atoms with Gasteiger partial charge in [0.25, 0.3) is 0 Å². The molecule has 10 nitrogen and oxygen atoms in total. The van der Waals surface area contributed by atoms with Gasteiger partial charge in [0.05, 0.1) is 13.2 Å². The van der Waals surface area contributed by atoms with E-state index >= 15 is 0 Å². The van der Waals surface area contributed by atoms with Gasteiger partial charge in [0.2, 0.25) is 17.6 Å². The van der Waals surface area contributed by atoms with Crippen molar-refractivity contribution in [3.8, 4) is 18.2 Å². The monoisotopic (exact) mass is 388 g/mol. The number of nitrogens with zero attached hydrogens (tertiary/aromatic N) is 4. The zero-order valence-electron chi connectivity index (χ0n) is 16.1. The fourth-order valence-electron chi connectivity index (χ4n) is 3.06. The maximum Gasteiger partial charge on any atom is 0.323 e. The molecule has 0 aromatic carbocycles. The molecule has 150 valence electrons. The van der Waals surface area contributed by atoms with Crippen LogP contribution in [0.25, 0.3) is 11.2 Å². The van der Waals surface area contributed by atoms with Crippen molar-refractivity contribution in [1.29, 1.82) is 0 Å². The fraction of sp³-hybridized carbons (Fsp3) is 0.556. The van der Waals surface area contributed by atoms with E-state index in [4.69, 9.17) is 32.1 Å². The fourth-order valence-corrected chi connectivity index (χ4v) is 3.06. The maximum atomic E-state index is 12.0. The molecule has 0 amide bonds. The third-order valence-electron chi connectivity index (χ3n) is 4.76. The first kappa shape index (κ1) is 19.9. The van der Waals surface area contributed by atoms with E-state index in [0.29, 0.717) is 24.0 Å². The molecule has 0 aliphatic carbocycles. The molecular formula is C18H24N6O4. The second kappa shape index (κ2) is 7.61. The first-order valence-corrected chi connectivity index (χ1v) is 8.94.